The number of rotatable bonds is 5. The Kier molecular flexibility index (Phi) is 7.49. The minimum atomic E-state index is 0. The van der Waals surface area contributed by atoms with E-state index in [1.807, 2.05) is 59.5 Å². The number of ether oxygens (including phenoxy) is 1. The van der Waals surface area contributed by atoms with E-state index in [-0.39, 0.29) is 24.4 Å². The van der Waals surface area contributed by atoms with Crippen molar-refractivity contribution in [1.82, 2.24) is 4.90 Å². The van der Waals surface area contributed by atoms with Crippen molar-refractivity contribution in [3.63, 3.8) is 0 Å². The second-order valence-electron chi connectivity index (χ2n) is 6.79. The minimum absolute atomic E-state index is 0. The van der Waals surface area contributed by atoms with E-state index in [1.54, 1.807) is 0 Å². The smallest absolute Gasteiger partial charge is 0.253 e. The van der Waals surface area contributed by atoms with Crippen molar-refractivity contribution in [2.24, 2.45) is 11.7 Å². The molecule has 0 bridgehead atoms. The van der Waals surface area contributed by atoms with Gasteiger partial charge in [0.1, 0.15) is 12.4 Å². The lowest BCUT2D eigenvalue weighted by atomic mass is 9.90. The fourth-order valence-corrected chi connectivity index (χ4v) is 3.24. The average molecular weight is 375 g/mol. The molecule has 0 aliphatic carbocycles. The van der Waals surface area contributed by atoms with Gasteiger partial charge in [-0.15, -0.1) is 12.4 Å². The summed E-state index contributed by atoms with van der Waals surface area (Å²) in [5, 5.41) is 0. The van der Waals surface area contributed by atoms with Crippen LogP contribution in [-0.2, 0) is 6.61 Å². The van der Waals surface area contributed by atoms with Gasteiger partial charge in [0.25, 0.3) is 5.91 Å². The van der Waals surface area contributed by atoms with Crippen LogP contribution in [0.5, 0.6) is 5.75 Å². The largest absolute Gasteiger partial charge is 0.489 e. The first kappa shape index (κ1) is 20.3. The highest BCUT2D eigenvalue weighted by Crippen LogP contribution is 2.21. The molecular weight excluding hydrogens is 348 g/mol. The molecular formula is C21H27ClN2O2. The zero-order valence-corrected chi connectivity index (χ0v) is 16.0. The van der Waals surface area contributed by atoms with Gasteiger partial charge in [0.15, 0.2) is 0 Å². The second kappa shape index (κ2) is 9.60. The molecule has 0 saturated carbocycles. The lowest BCUT2D eigenvalue weighted by Crippen LogP contribution is -2.42. The number of piperidine rings is 1. The van der Waals surface area contributed by atoms with Crippen LogP contribution in [0, 0.1) is 5.92 Å². The first-order valence-corrected chi connectivity index (χ1v) is 8.95. The number of likely N-dealkylation sites (tertiary alicyclic amines) is 1. The van der Waals surface area contributed by atoms with Crippen LogP contribution in [-0.4, -0.2) is 29.9 Å². The van der Waals surface area contributed by atoms with Crippen molar-refractivity contribution < 1.29 is 9.53 Å². The maximum Gasteiger partial charge on any atom is 0.253 e. The summed E-state index contributed by atoms with van der Waals surface area (Å²) in [4.78, 5) is 14.6. The third-order valence-corrected chi connectivity index (χ3v) is 4.92. The Morgan fingerprint density at radius 2 is 1.73 bits per heavy atom. The van der Waals surface area contributed by atoms with E-state index < -0.39 is 0 Å². The summed E-state index contributed by atoms with van der Waals surface area (Å²) >= 11 is 0. The van der Waals surface area contributed by atoms with E-state index in [9.17, 15) is 4.79 Å². The van der Waals surface area contributed by atoms with Gasteiger partial charge in [0, 0.05) is 24.7 Å². The van der Waals surface area contributed by atoms with E-state index >= 15 is 0 Å². The summed E-state index contributed by atoms with van der Waals surface area (Å²) in [6.07, 6.45) is 1.98. The number of hydrogen-bond donors (Lipinski definition) is 1. The molecule has 140 valence electrons. The van der Waals surface area contributed by atoms with Gasteiger partial charge in [-0.3, -0.25) is 4.79 Å². The third-order valence-electron chi connectivity index (χ3n) is 4.92. The van der Waals surface area contributed by atoms with Crippen LogP contribution in [0.4, 0.5) is 0 Å². The molecule has 1 amide bonds. The fourth-order valence-electron chi connectivity index (χ4n) is 3.24. The summed E-state index contributed by atoms with van der Waals surface area (Å²) in [5.74, 6) is 1.49. The van der Waals surface area contributed by atoms with Crippen LogP contribution in [0.2, 0.25) is 0 Å². The van der Waals surface area contributed by atoms with E-state index in [2.05, 4.69) is 6.92 Å². The quantitative estimate of drug-likeness (QED) is 0.863. The van der Waals surface area contributed by atoms with E-state index in [1.165, 1.54) is 0 Å². The van der Waals surface area contributed by atoms with Crippen LogP contribution in [0.25, 0.3) is 0 Å². The molecule has 0 radical (unpaired) electrons. The van der Waals surface area contributed by atoms with E-state index in [0.29, 0.717) is 12.5 Å². The van der Waals surface area contributed by atoms with Crippen molar-refractivity contribution in [2.45, 2.75) is 32.4 Å². The van der Waals surface area contributed by atoms with E-state index in [4.69, 9.17) is 10.5 Å². The van der Waals surface area contributed by atoms with E-state index in [0.717, 1.165) is 42.8 Å². The number of carbonyl (C=O) groups is 1. The Bertz CT molecular complexity index is 681. The maximum absolute atomic E-state index is 12.6. The van der Waals surface area contributed by atoms with Crippen LogP contribution in [0.15, 0.2) is 54.6 Å². The molecule has 1 atom stereocenters. The van der Waals surface area contributed by atoms with Gasteiger partial charge in [0.2, 0.25) is 0 Å². The lowest BCUT2D eigenvalue weighted by Gasteiger charge is -2.33. The van der Waals surface area contributed by atoms with Crippen molar-refractivity contribution in [1.29, 1.82) is 0 Å². The summed E-state index contributed by atoms with van der Waals surface area (Å²) < 4.78 is 5.74. The Labute approximate surface area is 161 Å². The van der Waals surface area contributed by atoms with Crippen molar-refractivity contribution in [3.05, 3.63) is 65.7 Å². The molecule has 4 nitrogen and oxygen atoms in total. The lowest BCUT2D eigenvalue weighted by molar-refractivity contribution is 0.0681. The third kappa shape index (κ3) is 5.23. The standard InChI is InChI=1S/C21H26N2O2.ClH/c1-16(22)18-11-13-23(14-12-18)21(24)19-9-7-17(8-10-19)15-25-20-5-3-2-4-6-20;/h2-10,16,18H,11-15,22H2,1H3;1H. The molecule has 1 fully saturated rings. The fraction of sp³-hybridized carbons (Fsp3) is 0.381. The molecule has 0 aromatic heterocycles. The normalized spacial score (nSPS) is 15.8. The van der Waals surface area contributed by atoms with Gasteiger partial charge in [-0.05, 0) is 55.5 Å². The zero-order chi connectivity index (χ0) is 17.6. The molecule has 2 aromatic carbocycles. The molecule has 1 unspecified atom stereocenters. The maximum atomic E-state index is 12.6. The first-order chi connectivity index (χ1) is 12.1. The minimum Gasteiger partial charge on any atom is -0.489 e. The van der Waals surface area contributed by atoms with Gasteiger partial charge in [-0.1, -0.05) is 30.3 Å². The Balaban J connectivity index is 0.00000243. The Morgan fingerprint density at radius 3 is 2.31 bits per heavy atom. The number of para-hydroxylation sites is 1. The number of hydrogen-bond acceptors (Lipinski definition) is 3. The molecule has 0 spiro atoms. The summed E-state index contributed by atoms with van der Waals surface area (Å²) in [7, 11) is 0. The van der Waals surface area contributed by atoms with Gasteiger partial charge in [0.05, 0.1) is 0 Å². The van der Waals surface area contributed by atoms with Crippen LogP contribution in [0.3, 0.4) is 0 Å². The molecule has 1 aliphatic rings. The highest BCUT2D eigenvalue weighted by atomic mass is 35.5. The SMILES string of the molecule is CC(N)C1CCN(C(=O)c2ccc(COc3ccccc3)cc2)CC1.Cl. The first-order valence-electron chi connectivity index (χ1n) is 8.95. The predicted octanol–water partition coefficient (Wildman–Crippen LogP) is 3.89. The topological polar surface area (TPSA) is 55.6 Å². The average Bonchev–Trinajstić information content (AvgIpc) is 2.67. The van der Waals surface area contributed by atoms with Crippen molar-refractivity contribution in [3.8, 4) is 5.75 Å². The van der Waals surface area contributed by atoms with Crippen molar-refractivity contribution in [2.75, 3.05) is 13.1 Å². The summed E-state index contributed by atoms with van der Waals surface area (Å²) in [5.41, 5.74) is 7.76. The molecule has 26 heavy (non-hydrogen) atoms. The predicted molar refractivity (Wildman–Crippen MR) is 107 cm³/mol. The molecule has 1 aliphatic heterocycles. The van der Waals surface area contributed by atoms with Gasteiger partial charge < -0.3 is 15.4 Å². The number of nitrogens with two attached hydrogens (primary N) is 1. The number of carbonyl (C=O) groups excluding carboxylic acids is 1. The van der Waals surface area contributed by atoms with Crippen LogP contribution >= 0.6 is 12.4 Å². The highest BCUT2D eigenvalue weighted by Gasteiger charge is 2.25. The van der Waals surface area contributed by atoms with Gasteiger partial charge >= 0.3 is 0 Å². The molecule has 1 saturated heterocycles. The monoisotopic (exact) mass is 374 g/mol. The number of nitrogens with zero attached hydrogens (tertiary/aromatic N) is 1. The molecule has 2 N–H and O–H groups in total. The zero-order valence-electron chi connectivity index (χ0n) is 15.1. The van der Waals surface area contributed by atoms with Crippen LogP contribution in [0.1, 0.15) is 35.7 Å². The van der Waals surface area contributed by atoms with Crippen LogP contribution < -0.4 is 10.5 Å². The van der Waals surface area contributed by atoms with Gasteiger partial charge in [-0.25, -0.2) is 0 Å². The molecule has 3 rings (SSSR count). The highest BCUT2D eigenvalue weighted by molar-refractivity contribution is 5.94. The Morgan fingerprint density at radius 1 is 1.12 bits per heavy atom. The summed E-state index contributed by atoms with van der Waals surface area (Å²) in [6, 6.07) is 17.7. The number of benzene rings is 2. The molecule has 1 heterocycles. The number of halogens is 1. The van der Waals surface area contributed by atoms with Gasteiger partial charge in [-0.2, -0.15) is 0 Å². The second-order valence-corrected chi connectivity index (χ2v) is 6.79. The van der Waals surface area contributed by atoms with Crippen molar-refractivity contribution >= 4 is 18.3 Å². The number of amides is 1. The molecule has 5 heteroatoms. The molecule has 2 aromatic rings. The summed E-state index contributed by atoms with van der Waals surface area (Å²) in [6.45, 7) is 4.14. The Hall–Kier alpha value is -2.04.